The van der Waals surface area contributed by atoms with Crippen LogP contribution in [-0.2, 0) is 14.6 Å². The smallest absolute Gasteiger partial charge is 0.223 e. The van der Waals surface area contributed by atoms with Crippen molar-refractivity contribution in [1.29, 1.82) is 0 Å². The molecule has 1 unspecified atom stereocenters. The molecule has 0 spiro atoms. The first kappa shape index (κ1) is 13.8. The number of likely N-dealkylation sites (tertiary alicyclic amines) is 1. The molecular weight excluding hydrogens is 254 g/mol. The van der Waals surface area contributed by atoms with E-state index < -0.39 is 15.4 Å². The minimum Gasteiger partial charge on any atom is -0.386 e. The molecule has 0 saturated carbocycles. The van der Waals surface area contributed by atoms with Gasteiger partial charge in [0.25, 0.3) is 0 Å². The van der Waals surface area contributed by atoms with Crippen molar-refractivity contribution in [3.8, 4) is 0 Å². The Balaban J connectivity index is 1.82. The van der Waals surface area contributed by atoms with Crippen LogP contribution in [0.25, 0.3) is 0 Å². The van der Waals surface area contributed by atoms with Gasteiger partial charge in [-0.3, -0.25) is 4.79 Å². The standard InChI is InChI=1S/C12H21NO4S/c1-9(2)12(15)7-13(8-12)11(14)5-10-3-4-18(16,17)6-10/h9-10,15H,3-8H2,1-2H3. The molecule has 1 N–H and O–H groups in total. The summed E-state index contributed by atoms with van der Waals surface area (Å²) in [5.41, 5.74) is -0.753. The third-order valence-corrected chi connectivity index (χ3v) is 5.98. The molecule has 5 nitrogen and oxygen atoms in total. The second-order valence-electron chi connectivity index (χ2n) is 5.98. The van der Waals surface area contributed by atoms with Gasteiger partial charge in [-0.1, -0.05) is 13.8 Å². The maximum Gasteiger partial charge on any atom is 0.223 e. The van der Waals surface area contributed by atoms with Gasteiger partial charge in [0.2, 0.25) is 5.91 Å². The zero-order valence-electron chi connectivity index (χ0n) is 10.9. The van der Waals surface area contributed by atoms with Gasteiger partial charge in [-0.15, -0.1) is 0 Å². The van der Waals surface area contributed by atoms with E-state index in [2.05, 4.69) is 0 Å². The average Bonchev–Trinajstić information content (AvgIpc) is 2.52. The lowest BCUT2D eigenvalue weighted by Gasteiger charge is -2.49. The number of sulfone groups is 1. The van der Waals surface area contributed by atoms with Gasteiger partial charge in [0, 0.05) is 6.42 Å². The first-order chi connectivity index (χ1) is 8.22. The maximum atomic E-state index is 11.9. The van der Waals surface area contributed by atoms with Crippen molar-refractivity contribution in [2.75, 3.05) is 24.6 Å². The fourth-order valence-corrected chi connectivity index (χ4v) is 4.43. The number of carbonyl (C=O) groups excluding carboxylic acids is 1. The van der Waals surface area contributed by atoms with E-state index in [4.69, 9.17) is 0 Å². The monoisotopic (exact) mass is 275 g/mol. The number of amides is 1. The molecule has 2 rings (SSSR count). The lowest BCUT2D eigenvalue weighted by Crippen LogP contribution is -2.66. The van der Waals surface area contributed by atoms with E-state index in [1.165, 1.54) is 0 Å². The molecule has 2 fully saturated rings. The minimum absolute atomic E-state index is 0.0255. The zero-order chi connectivity index (χ0) is 13.6. The molecule has 2 heterocycles. The van der Waals surface area contributed by atoms with Crippen LogP contribution in [-0.4, -0.2) is 54.5 Å². The molecule has 0 aliphatic carbocycles. The first-order valence-electron chi connectivity index (χ1n) is 6.42. The summed E-state index contributed by atoms with van der Waals surface area (Å²) in [6.07, 6.45) is 0.893. The van der Waals surface area contributed by atoms with Crippen molar-refractivity contribution >= 4 is 15.7 Å². The van der Waals surface area contributed by atoms with Crippen molar-refractivity contribution in [3.05, 3.63) is 0 Å². The van der Waals surface area contributed by atoms with Gasteiger partial charge in [0.1, 0.15) is 5.60 Å². The highest BCUT2D eigenvalue weighted by Crippen LogP contribution is 2.30. The van der Waals surface area contributed by atoms with Crippen molar-refractivity contribution in [2.24, 2.45) is 11.8 Å². The van der Waals surface area contributed by atoms with Crippen molar-refractivity contribution in [2.45, 2.75) is 32.3 Å². The number of β-amino-alcohol motifs (C(OH)–C–C–N with tert-alkyl or cyclic N) is 1. The van der Waals surface area contributed by atoms with E-state index in [1.807, 2.05) is 13.8 Å². The Morgan fingerprint density at radius 1 is 1.44 bits per heavy atom. The van der Waals surface area contributed by atoms with Crippen LogP contribution in [0.5, 0.6) is 0 Å². The molecule has 1 atom stereocenters. The van der Waals surface area contributed by atoms with Gasteiger partial charge in [-0.25, -0.2) is 8.42 Å². The van der Waals surface area contributed by atoms with E-state index in [-0.39, 0.29) is 29.2 Å². The number of rotatable bonds is 3. The van der Waals surface area contributed by atoms with Crippen LogP contribution < -0.4 is 0 Å². The first-order valence-corrected chi connectivity index (χ1v) is 8.24. The maximum absolute atomic E-state index is 11.9. The van der Waals surface area contributed by atoms with E-state index in [1.54, 1.807) is 4.90 Å². The number of hydrogen-bond acceptors (Lipinski definition) is 4. The van der Waals surface area contributed by atoms with Gasteiger partial charge in [-0.05, 0) is 18.3 Å². The highest BCUT2D eigenvalue weighted by molar-refractivity contribution is 7.91. The highest BCUT2D eigenvalue weighted by atomic mass is 32.2. The van der Waals surface area contributed by atoms with Gasteiger partial charge in [0.15, 0.2) is 9.84 Å². The Labute approximate surface area is 108 Å². The summed E-state index contributed by atoms with van der Waals surface area (Å²) < 4.78 is 22.6. The fourth-order valence-electron chi connectivity index (χ4n) is 2.57. The topological polar surface area (TPSA) is 74.7 Å². The molecule has 0 aromatic heterocycles. The summed E-state index contributed by atoms with van der Waals surface area (Å²) >= 11 is 0. The van der Waals surface area contributed by atoms with Crippen molar-refractivity contribution < 1.29 is 18.3 Å². The summed E-state index contributed by atoms with van der Waals surface area (Å²) in [7, 11) is -2.91. The predicted molar refractivity (Wildman–Crippen MR) is 67.7 cm³/mol. The number of aliphatic hydroxyl groups is 1. The summed E-state index contributed by atoms with van der Waals surface area (Å²) in [5, 5.41) is 10.1. The van der Waals surface area contributed by atoms with E-state index >= 15 is 0 Å². The molecule has 2 saturated heterocycles. The quantitative estimate of drug-likeness (QED) is 0.789. The Morgan fingerprint density at radius 2 is 2.06 bits per heavy atom. The Kier molecular flexibility index (Phi) is 3.44. The second kappa shape index (κ2) is 4.49. The summed E-state index contributed by atoms with van der Waals surface area (Å²) in [6, 6.07) is 0. The lowest BCUT2D eigenvalue weighted by atomic mass is 9.82. The Hall–Kier alpha value is -0.620. The van der Waals surface area contributed by atoms with E-state index in [9.17, 15) is 18.3 Å². The minimum atomic E-state index is -2.91. The van der Waals surface area contributed by atoms with Crippen LogP contribution in [0.4, 0.5) is 0 Å². The largest absolute Gasteiger partial charge is 0.386 e. The Bertz CT molecular complexity index is 437. The Morgan fingerprint density at radius 3 is 2.50 bits per heavy atom. The molecule has 0 aromatic rings. The molecule has 104 valence electrons. The molecule has 0 aromatic carbocycles. The van der Waals surface area contributed by atoms with Crippen molar-refractivity contribution in [1.82, 2.24) is 4.90 Å². The van der Waals surface area contributed by atoms with Crippen LogP contribution in [0.1, 0.15) is 26.7 Å². The summed E-state index contributed by atoms with van der Waals surface area (Å²) in [5.74, 6) is 0.424. The summed E-state index contributed by atoms with van der Waals surface area (Å²) in [4.78, 5) is 13.6. The van der Waals surface area contributed by atoms with Crippen molar-refractivity contribution in [3.63, 3.8) is 0 Å². The molecule has 1 amide bonds. The van der Waals surface area contributed by atoms with Gasteiger partial charge in [0.05, 0.1) is 24.6 Å². The third kappa shape index (κ3) is 2.69. The fraction of sp³-hybridized carbons (Fsp3) is 0.917. The van der Waals surface area contributed by atoms with E-state index in [0.717, 1.165) is 0 Å². The molecule has 2 aliphatic heterocycles. The van der Waals surface area contributed by atoms with Crippen LogP contribution >= 0.6 is 0 Å². The molecule has 0 bridgehead atoms. The number of carbonyl (C=O) groups is 1. The summed E-state index contributed by atoms with van der Waals surface area (Å²) in [6.45, 7) is 4.63. The number of nitrogens with zero attached hydrogens (tertiary/aromatic N) is 1. The normalized spacial score (nSPS) is 29.3. The zero-order valence-corrected chi connectivity index (χ0v) is 11.7. The van der Waals surface area contributed by atoms with Crippen LogP contribution in [0, 0.1) is 11.8 Å². The SMILES string of the molecule is CC(C)C1(O)CN(C(=O)CC2CCS(=O)(=O)C2)C1. The highest BCUT2D eigenvalue weighted by Gasteiger charge is 2.46. The third-order valence-electron chi connectivity index (χ3n) is 4.15. The molecular formula is C12H21NO4S. The molecule has 6 heteroatoms. The van der Waals surface area contributed by atoms with E-state index in [0.29, 0.717) is 25.9 Å². The van der Waals surface area contributed by atoms with Gasteiger partial charge in [-0.2, -0.15) is 0 Å². The van der Waals surface area contributed by atoms with Crippen LogP contribution in [0.3, 0.4) is 0 Å². The second-order valence-corrected chi connectivity index (χ2v) is 8.21. The predicted octanol–water partition coefficient (Wildman–Crippen LogP) is 0.0405. The molecule has 18 heavy (non-hydrogen) atoms. The van der Waals surface area contributed by atoms with Gasteiger partial charge >= 0.3 is 0 Å². The molecule has 0 radical (unpaired) electrons. The van der Waals surface area contributed by atoms with Gasteiger partial charge < -0.3 is 10.0 Å². The number of hydrogen-bond donors (Lipinski definition) is 1. The average molecular weight is 275 g/mol. The van der Waals surface area contributed by atoms with Crippen LogP contribution in [0.15, 0.2) is 0 Å². The van der Waals surface area contributed by atoms with Crippen LogP contribution in [0.2, 0.25) is 0 Å². The lowest BCUT2D eigenvalue weighted by molar-refractivity contribution is -0.164. The molecule has 2 aliphatic rings.